The van der Waals surface area contributed by atoms with Crippen molar-refractivity contribution in [3.05, 3.63) is 28.7 Å². The van der Waals surface area contributed by atoms with Crippen LogP contribution in [0.2, 0.25) is 0 Å². The summed E-state index contributed by atoms with van der Waals surface area (Å²) in [6.07, 6.45) is 3.72. The first-order chi connectivity index (χ1) is 12.0. The van der Waals surface area contributed by atoms with Gasteiger partial charge in [-0.1, -0.05) is 5.16 Å². The molecule has 2 aromatic heterocycles. The van der Waals surface area contributed by atoms with Crippen molar-refractivity contribution < 1.29 is 4.52 Å². The van der Waals surface area contributed by atoms with Crippen molar-refractivity contribution in [1.29, 1.82) is 0 Å². The van der Waals surface area contributed by atoms with Crippen LogP contribution in [0.1, 0.15) is 53.8 Å². The summed E-state index contributed by atoms with van der Waals surface area (Å²) < 4.78 is 7.49. The standard InChI is InChI=1S/C18H28N6O/c1-12-16(13(2)25-21-12)10-24-8-7-15(9-24)22(3)11-17-19-20-18(23(17)4)14-5-6-14/h14-15H,5-11H2,1-4H3/t15-/m1/s1. The second kappa shape index (κ2) is 6.53. The van der Waals surface area contributed by atoms with Crippen molar-refractivity contribution in [2.45, 2.75) is 58.2 Å². The van der Waals surface area contributed by atoms with Crippen LogP contribution in [0.5, 0.6) is 0 Å². The molecule has 4 rings (SSSR count). The first kappa shape index (κ1) is 16.7. The fourth-order valence-corrected chi connectivity index (χ4v) is 3.83. The minimum Gasteiger partial charge on any atom is -0.361 e. The molecule has 3 heterocycles. The summed E-state index contributed by atoms with van der Waals surface area (Å²) in [6.45, 7) is 8.01. The lowest BCUT2D eigenvalue weighted by Gasteiger charge is -2.24. The van der Waals surface area contributed by atoms with Gasteiger partial charge in [-0.3, -0.25) is 9.80 Å². The number of nitrogens with zero attached hydrogens (tertiary/aromatic N) is 6. The van der Waals surface area contributed by atoms with E-state index in [9.17, 15) is 0 Å². The van der Waals surface area contributed by atoms with Gasteiger partial charge in [0.15, 0.2) is 0 Å². The Balaban J connectivity index is 1.35. The summed E-state index contributed by atoms with van der Waals surface area (Å²) in [5.41, 5.74) is 2.26. The van der Waals surface area contributed by atoms with Crippen molar-refractivity contribution in [3.8, 4) is 0 Å². The van der Waals surface area contributed by atoms with Gasteiger partial charge >= 0.3 is 0 Å². The Morgan fingerprint density at radius 1 is 1.20 bits per heavy atom. The molecule has 2 aromatic rings. The minimum absolute atomic E-state index is 0.557. The zero-order valence-corrected chi connectivity index (χ0v) is 15.7. The number of rotatable bonds is 6. The predicted molar refractivity (Wildman–Crippen MR) is 94.1 cm³/mol. The molecule has 7 nitrogen and oxygen atoms in total. The quantitative estimate of drug-likeness (QED) is 0.799. The van der Waals surface area contributed by atoms with Crippen molar-refractivity contribution >= 4 is 0 Å². The SMILES string of the molecule is Cc1noc(C)c1CN1CC[C@@H](N(C)Cc2nnc(C3CC3)n2C)C1. The molecule has 0 spiro atoms. The molecule has 0 radical (unpaired) electrons. The fraction of sp³-hybridized carbons (Fsp3) is 0.722. The van der Waals surface area contributed by atoms with E-state index in [1.54, 1.807) is 0 Å². The molecule has 1 atom stereocenters. The average molecular weight is 344 g/mol. The van der Waals surface area contributed by atoms with Crippen LogP contribution in [0.25, 0.3) is 0 Å². The Morgan fingerprint density at radius 2 is 2.00 bits per heavy atom. The van der Waals surface area contributed by atoms with Gasteiger partial charge in [0.1, 0.15) is 17.4 Å². The van der Waals surface area contributed by atoms with Crippen LogP contribution in [-0.4, -0.2) is 55.9 Å². The van der Waals surface area contributed by atoms with E-state index in [-0.39, 0.29) is 0 Å². The van der Waals surface area contributed by atoms with Crippen molar-refractivity contribution in [2.24, 2.45) is 7.05 Å². The van der Waals surface area contributed by atoms with Gasteiger partial charge in [0, 0.05) is 44.2 Å². The maximum absolute atomic E-state index is 5.29. The average Bonchev–Trinajstić information content (AvgIpc) is 3.09. The Hall–Kier alpha value is -1.73. The molecule has 2 fully saturated rings. The topological polar surface area (TPSA) is 63.2 Å². The van der Waals surface area contributed by atoms with E-state index < -0.39 is 0 Å². The van der Waals surface area contributed by atoms with Crippen LogP contribution in [0, 0.1) is 13.8 Å². The molecule has 7 heteroatoms. The molecule has 25 heavy (non-hydrogen) atoms. The van der Waals surface area contributed by atoms with Crippen LogP contribution < -0.4 is 0 Å². The third-order valence-electron chi connectivity index (χ3n) is 5.77. The lowest BCUT2D eigenvalue weighted by atomic mass is 10.2. The Morgan fingerprint density at radius 3 is 2.68 bits per heavy atom. The number of aryl methyl sites for hydroxylation is 2. The largest absolute Gasteiger partial charge is 0.361 e. The third kappa shape index (κ3) is 3.35. The first-order valence-electron chi connectivity index (χ1n) is 9.25. The van der Waals surface area contributed by atoms with Crippen molar-refractivity contribution in [1.82, 2.24) is 29.7 Å². The molecule has 136 valence electrons. The normalized spacial score (nSPS) is 21.6. The smallest absolute Gasteiger partial charge is 0.146 e. The highest BCUT2D eigenvalue weighted by Crippen LogP contribution is 2.38. The predicted octanol–water partition coefficient (Wildman–Crippen LogP) is 2.00. The van der Waals surface area contributed by atoms with Crippen molar-refractivity contribution in [3.63, 3.8) is 0 Å². The molecule has 0 amide bonds. The van der Waals surface area contributed by atoms with Gasteiger partial charge in [-0.05, 0) is 40.2 Å². The molecule has 2 aliphatic rings. The number of likely N-dealkylation sites (tertiary alicyclic amines) is 1. The van der Waals surface area contributed by atoms with Gasteiger partial charge in [0.05, 0.1) is 12.2 Å². The van der Waals surface area contributed by atoms with Crippen LogP contribution in [0.15, 0.2) is 4.52 Å². The molecule has 0 unspecified atom stereocenters. The van der Waals surface area contributed by atoms with Gasteiger partial charge in [-0.15, -0.1) is 10.2 Å². The number of aromatic nitrogens is 4. The number of likely N-dealkylation sites (N-methyl/N-ethyl adjacent to an activating group) is 1. The summed E-state index contributed by atoms with van der Waals surface area (Å²) in [5, 5.41) is 12.9. The van der Waals surface area contributed by atoms with Crippen LogP contribution in [0.4, 0.5) is 0 Å². The van der Waals surface area contributed by atoms with Gasteiger partial charge in [-0.25, -0.2) is 0 Å². The zero-order valence-electron chi connectivity index (χ0n) is 15.7. The van der Waals surface area contributed by atoms with E-state index in [4.69, 9.17) is 4.52 Å². The lowest BCUT2D eigenvalue weighted by Crippen LogP contribution is -2.34. The Labute approximate surface area is 149 Å². The van der Waals surface area contributed by atoms with Gasteiger partial charge in [-0.2, -0.15) is 0 Å². The molecule has 1 aliphatic carbocycles. The minimum atomic E-state index is 0.557. The maximum atomic E-state index is 5.29. The highest BCUT2D eigenvalue weighted by molar-refractivity contribution is 5.20. The monoisotopic (exact) mass is 344 g/mol. The number of hydrogen-bond donors (Lipinski definition) is 0. The van der Waals surface area contributed by atoms with Crippen LogP contribution in [-0.2, 0) is 20.1 Å². The van der Waals surface area contributed by atoms with E-state index in [1.807, 2.05) is 13.8 Å². The molecule has 0 aromatic carbocycles. The highest BCUT2D eigenvalue weighted by Gasteiger charge is 2.31. The third-order valence-corrected chi connectivity index (χ3v) is 5.77. The second-order valence-electron chi connectivity index (χ2n) is 7.70. The van der Waals surface area contributed by atoms with Gasteiger partial charge in [0.2, 0.25) is 0 Å². The summed E-state index contributed by atoms with van der Waals surface area (Å²) in [6, 6.07) is 0.557. The van der Waals surface area contributed by atoms with E-state index in [0.29, 0.717) is 12.0 Å². The van der Waals surface area contributed by atoms with Crippen LogP contribution in [0.3, 0.4) is 0 Å². The van der Waals surface area contributed by atoms with Gasteiger partial charge < -0.3 is 9.09 Å². The maximum Gasteiger partial charge on any atom is 0.146 e. The first-order valence-corrected chi connectivity index (χ1v) is 9.25. The van der Waals surface area contributed by atoms with E-state index in [0.717, 1.165) is 49.3 Å². The summed E-state index contributed by atoms with van der Waals surface area (Å²) in [7, 11) is 4.31. The van der Waals surface area contributed by atoms with Gasteiger partial charge in [0.25, 0.3) is 0 Å². The van der Waals surface area contributed by atoms with E-state index in [2.05, 4.69) is 43.8 Å². The van der Waals surface area contributed by atoms with E-state index >= 15 is 0 Å². The number of hydrogen-bond acceptors (Lipinski definition) is 6. The summed E-state index contributed by atoms with van der Waals surface area (Å²) in [4.78, 5) is 4.92. The van der Waals surface area contributed by atoms with E-state index in [1.165, 1.54) is 24.8 Å². The highest BCUT2D eigenvalue weighted by atomic mass is 16.5. The molecule has 0 bridgehead atoms. The molecule has 1 saturated heterocycles. The Bertz CT molecular complexity index is 727. The molecule has 0 N–H and O–H groups in total. The summed E-state index contributed by atoms with van der Waals surface area (Å²) in [5.74, 6) is 3.83. The second-order valence-corrected chi connectivity index (χ2v) is 7.70. The molecular formula is C18H28N6O. The Kier molecular flexibility index (Phi) is 4.37. The van der Waals surface area contributed by atoms with Crippen molar-refractivity contribution in [2.75, 3.05) is 20.1 Å². The molecular weight excluding hydrogens is 316 g/mol. The fourth-order valence-electron chi connectivity index (χ4n) is 3.83. The summed E-state index contributed by atoms with van der Waals surface area (Å²) >= 11 is 0. The molecule has 1 saturated carbocycles. The zero-order chi connectivity index (χ0) is 17.6. The molecule has 1 aliphatic heterocycles. The van der Waals surface area contributed by atoms with Crippen LogP contribution >= 0.6 is 0 Å². The lowest BCUT2D eigenvalue weighted by molar-refractivity contribution is 0.216.